The van der Waals surface area contributed by atoms with E-state index >= 15 is 0 Å². The Morgan fingerprint density at radius 1 is 0.935 bits per heavy atom. The highest BCUT2D eigenvalue weighted by molar-refractivity contribution is 5.99. The van der Waals surface area contributed by atoms with Crippen LogP contribution in [-0.2, 0) is 11.2 Å². The largest absolute Gasteiger partial charge is 0.444 e. The molecule has 0 aliphatic heterocycles. The lowest BCUT2D eigenvalue weighted by molar-refractivity contribution is 0.0635. The van der Waals surface area contributed by atoms with Gasteiger partial charge in [-0.2, -0.15) is 0 Å². The number of anilines is 3. The lowest BCUT2D eigenvalue weighted by atomic mass is 10.00. The summed E-state index contributed by atoms with van der Waals surface area (Å²) in [6, 6.07) is 25.3. The third-order valence-corrected chi connectivity index (χ3v) is 7.92. The molecule has 2 heterocycles. The molecule has 0 radical (unpaired) electrons. The number of ether oxygens (including phenoxy) is 1. The van der Waals surface area contributed by atoms with Gasteiger partial charge in [-0.05, 0) is 92.6 Å². The van der Waals surface area contributed by atoms with E-state index in [1.54, 1.807) is 0 Å². The molecule has 3 aromatic carbocycles. The van der Waals surface area contributed by atoms with E-state index in [0.29, 0.717) is 28.4 Å². The predicted molar refractivity (Wildman–Crippen MR) is 181 cm³/mol. The summed E-state index contributed by atoms with van der Waals surface area (Å²) in [5, 5.41) is 10.3. The van der Waals surface area contributed by atoms with Crippen molar-refractivity contribution < 1.29 is 14.3 Å². The minimum absolute atomic E-state index is 0.0307. The maximum Gasteiger partial charge on any atom is 0.412 e. The molecular formula is C37H38N6O3. The number of nitrogens with zero attached hydrogens (tertiary/aromatic N) is 3. The third kappa shape index (κ3) is 6.83. The van der Waals surface area contributed by atoms with Gasteiger partial charge in [0.1, 0.15) is 17.7 Å². The van der Waals surface area contributed by atoms with Crippen molar-refractivity contribution in [2.75, 3.05) is 10.6 Å². The van der Waals surface area contributed by atoms with Gasteiger partial charge >= 0.3 is 6.09 Å². The number of carbonyl (C=O) groups is 2. The lowest BCUT2D eigenvalue weighted by Gasteiger charge is -2.20. The number of pyridine rings is 1. The number of aryl methyl sites for hydroxylation is 1. The Hall–Kier alpha value is -5.31. The zero-order chi connectivity index (χ0) is 32.4. The van der Waals surface area contributed by atoms with Crippen LogP contribution in [0.1, 0.15) is 80.2 Å². The van der Waals surface area contributed by atoms with Gasteiger partial charge in [-0.15, -0.1) is 0 Å². The lowest BCUT2D eigenvalue weighted by Crippen LogP contribution is -2.27. The van der Waals surface area contributed by atoms with Crippen LogP contribution < -0.4 is 16.0 Å². The Kier molecular flexibility index (Phi) is 8.41. The Bertz CT molecular complexity index is 1910. The van der Waals surface area contributed by atoms with Crippen molar-refractivity contribution in [3.05, 3.63) is 108 Å². The van der Waals surface area contributed by atoms with Gasteiger partial charge in [0.25, 0.3) is 5.91 Å². The predicted octanol–water partition coefficient (Wildman–Crippen LogP) is 8.32. The Balaban J connectivity index is 1.33. The van der Waals surface area contributed by atoms with Crippen LogP contribution in [0.15, 0.2) is 85.2 Å². The van der Waals surface area contributed by atoms with Crippen molar-refractivity contribution in [1.29, 1.82) is 0 Å². The topological polar surface area (TPSA) is 118 Å². The first-order valence-electron chi connectivity index (χ1n) is 15.6. The molecule has 9 heteroatoms. The van der Waals surface area contributed by atoms with Crippen molar-refractivity contribution in [1.82, 2.24) is 20.3 Å². The highest BCUT2D eigenvalue weighted by atomic mass is 16.6. The molecule has 1 atom stereocenters. The van der Waals surface area contributed by atoms with Gasteiger partial charge in [0, 0.05) is 28.2 Å². The van der Waals surface area contributed by atoms with E-state index in [4.69, 9.17) is 9.72 Å². The second-order valence-corrected chi connectivity index (χ2v) is 12.8. The smallest absolute Gasteiger partial charge is 0.412 e. The van der Waals surface area contributed by atoms with Crippen LogP contribution >= 0.6 is 0 Å². The average molecular weight is 615 g/mol. The number of amides is 2. The van der Waals surface area contributed by atoms with Gasteiger partial charge in [-0.25, -0.2) is 19.7 Å². The molecule has 0 bridgehead atoms. The van der Waals surface area contributed by atoms with Crippen molar-refractivity contribution in [2.24, 2.45) is 0 Å². The van der Waals surface area contributed by atoms with Gasteiger partial charge in [0.05, 0.1) is 11.4 Å². The molecular weight excluding hydrogens is 576 g/mol. The zero-order valence-corrected chi connectivity index (χ0v) is 26.7. The van der Waals surface area contributed by atoms with Gasteiger partial charge in [0.15, 0.2) is 5.65 Å². The van der Waals surface area contributed by atoms with E-state index in [-0.39, 0.29) is 17.9 Å². The number of carbonyl (C=O) groups excluding carboxylic acids is 2. The van der Waals surface area contributed by atoms with Crippen LogP contribution in [0.25, 0.3) is 22.2 Å². The summed E-state index contributed by atoms with van der Waals surface area (Å²) >= 11 is 0. The fraction of sp³-hybridized carbons (Fsp3) is 0.270. The number of fused-ring (bicyclic) bond motifs is 2. The number of hydrogen-bond donors (Lipinski definition) is 3. The minimum Gasteiger partial charge on any atom is -0.444 e. The number of aromatic nitrogens is 3. The number of nitrogens with one attached hydrogen (secondary N) is 3. The molecule has 1 unspecified atom stereocenters. The van der Waals surface area contributed by atoms with E-state index < -0.39 is 11.7 Å². The standard InChI is InChI=1S/C37H38N6O3/c1-22(2)30-19-17-29-33(41-30)38-21-39-34(29)42-32-20-25(35(44)43-31-18-13-23-8-6-7-9-27(23)31)12-16-28(32)24-10-14-26(15-11-24)40-36(45)46-37(3,4)5/h6-12,14-17,19-22,31H,13,18H2,1-5H3,(H,40,45)(H,43,44)(H,38,39,41,42). The monoisotopic (exact) mass is 614 g/mol. The van der Waals surface area contributed by atoms with Crippen molar-refractivity contribution >= 4 is 40.2 Å². The first-order valence-corrected chi connectivity index (χ1v) is 15.6. The molecule has 2 aromatic heterocycles. The fourth-order valence-corrected chi connectivity index (χ4v) is 5.65. The van der Waals surface area contributed by atoms with E-state index in [1.807, 2.05) is 87.5 Å². The van der Waals surface area contributed by atoms with Crippen molar-refractivity contribution in [2.45, 2.75) is 65.0 Å². The highest BCUT2D eigenvalue weighted by Gasteiger charge is 2.24. The number of rotatable bonds is 7. The summed E-state index contributed by atoms with van der Waals surface area (Å²) in [6.45, 7) is 9.65. The van der Waals surface area contributed by atoms with E-state index in [2.05, 4.69) is 51.9 Å². The number of hydrogen-bond acceptors (Lipinski definition) is 7. The van der Waals surface area contributed by atoms with Crippen LogP contribution in [0, 0.1) is 0 Å². The molecule has 5 aromatic rings. The second-order valence-electron chi connectivity index (χ2n) is 12.8. The van der Waals surface area contributed by atoms with Gasteiger partial charge in [-0.1, -0.05) is 56.3 Å². The molecule has 6 rings (SSSR count). The third-order valence-electron chi connectivity index (χ3n) is 7.92. The van der Waals surface area contributed by atoms with Crippen LogP contribution in [0.3, 0.4) is 0 Å². The molecule has 0 saturated heterocycles. The summed E-state index contributed by atoms with van der Waals surface area (Å²) in [5.41, 5.74) is 6.95. The Morgan fingerprint density at radius 2 is 1.72 bits per heavy atom. The molecule has 3 N–H and O–H groups in total. The minimum atomic E-state index is -0.600. The summed E-state index contributed by atoms with van der Waals surface area (Å²) in [4.78, 5) is 39.6. The summed E-state index contributed by atoms with van der Waals surface area (Å²) in [5.74, 6) is 0.695. The maximum atomic E-state index is 13.6. The average Bonchev–Trinajstić information content (AvgIpc) is 3.43. The van der Waals surface area contributed by atoms with Gasteiger partial charge in [-0.3, -0.25) is 10.1 Å². The molecule has 1 aliphatic rings. The molecule has 0 spiro atoms. The first-order chi connectivity index (χ1) is 22.0. The van der Waals surface area contributed by atoms with Gasteiger partial charge < -0.3 is 15.4 Å². The second kappa shape index (κ2) is 12.6. The van der Waals surface area contributed by atoms with Crippen LogP contribution in [-0.4, -0.2) is 32.6 Å². The molecule has 0 fully saturated rings. The SMILES string of the molecule is CC(C)c1ccc2c(Nc3cc(C(=O)NC4CCc5ccccc54)ccc3-c3ccc(NC(=O)OC(C)(C)C)cc3)ncnc2n1. The Morgan fingerprint density at radius 3 is 2.48 bits per heavy atom. The highest BCUT2D eigenvalue weighted by Crippen LogP contribution is 2.35. The quantitative estimate of drug-likeness (QED) is 0.169. The molecule has 46 heavy (non-hydrogen) atoms. The zero-order valence-electron chi connectivity index (χ0n) is 26.7. The Labute approximate surface area is 268 Å². The molecule has 2 amide bonds. The molecule has 9 nitrogen and oxygen atoms in total. The normalized spacial score (nSPS) is 14.2. The van der Waals surface area contributed by atoms with Crippen LogP contribution in [0.4, 0.5) is 22.0 Å². The van der Waals surface area contributed by atoms with E-state index in [0.717, 1.165) is 35.0 Å². The van der Waals surface area contributed by atoms with Crippen LogP contribution in [0.2, 0.25) is 0 Å². The summed E-state index contributed by atoms with van der Waals surface area (Å²) in [6.07, 6.45) is 2.79. The molecule has 1 aliphatic carbocycles. The van der Waals surface area contributed by atoms with E-state index in [1.165, 1.54) is 17.5 Å². The molecule has 234 valence electrons. The van der Waals surface area contributed by atoms with Crippen molar-refractivity contribution in [3.63, 3.8) is 0 Å². The fourth-order valence-electron chi connectivity index (χ4n) is 5.65. The van der Waals surface area contributed by atoms with Crippen LogP contribution in [0.5, 0.6) is 0 Å². The summed E-state index contributed by atoms with van der Waals surface area (Å²) in [7, 11) is 0. The van der Waals surface area contributed by atoms with E-state index in [9.17, 15) is 9.59 Å². The maximum absolute atomic E-state index is 13.6. The summed E-state index contributed by atoms with van der Waals surface area (Å²) < 4.78 is 5.38. The first kappa shape index (κ1) is 30.7. The molecule has 0 saturated carbocycles. The number of benzene rings is 3. The van der Waals surface area contributed by atoms with Gasteiger partial charge in [0.2, 0.25) is 0 Å². The van der Waals surface area contributed by atoms with Crippen molar-refractivity contribution in [3.8, 4) is 11.1 Å².